The number of methoxy groups -OCH3 is 2. The van der Waals surface area contributed by atoms with E-state index in [-0.39, 0.29) is 12.6 Å². The molecule has 5 nitrogen and oxygen atoms in total. The van der Waals surface area contributed by atoms with Gasteiger partial charge in [0, 0.05) is 10.9 Å². The van der Waals surface area contributed by atoms with Crippen LogP contribution in [0.3, 0.4) is 0 Å². The Kier molecular flexibility index (Phi) is 7.25. The molecule has 0 radical (unpaired) electrons. The second-order valence-electron chi connectivity index (χ2n) is 6.22. The molecule has 1 aromatic heterocycles. The molecule has 0 aliphatic rings. The van der Waals surface area contributed by atoms with Gasteiger partial charge in [-0.15, -0.1) is 11.3 Å². The first-order valence-corrected chi connectivity index (χ1v) is 9.17. The van der Waals surface area contributed by atoms with Gasteiger partial charge < -0.3 is 25.0 Å². The molecule has 0 aliphatic carbocycles. The van der Waals surface area contributed by atoms with Crippen molar-refractivity contribution >= 4 is 11.3 Å². The highest BCUT2D eigenvalue weighted by atomic mass is 32.1. The molecule has 3 N–H and O–H groups in total. The summed E-state index contributed by atoms with van der Waals surface area (Å²) in [5.41, 5.74) is 2.21. The summed E-state index contributed by atoms with van der Waals surface area (Å²) >= 11 is 1.51. The highest BCUT2D eigenvalue weighted by Gasteiger charge is 2.23. The molecule has 138 valence electrons. The van der Waals surface area contributed by atoms with Crippen LogP contribution >= 0.6 is 11.3 Å². The minimum absolute atomic E-state index is 0.0750. The normalized spacial score (nSPS) is 14.8. The number of benzene rings is 1. The van der Waals surface area contributed by atoms with Crippen LogP contribution in [-0.2, 0) is 6.42 Å². The molecule has 1 aromatic carbocycles. The molecule has 2 rings (SSSR count). The number of aliphatic hydroxyl groups is 2. The molecule has 0 saturated carbocycles. The minimum atomic E-state index is -0.725. The SMILES string of the molecule is COc1ccc(CC(C)N[C@@H](CO)[C@H](O)c2cc(C)cs2)cc1OC. The number of ether oxygens (including phenoxy) is 2. The lowest BCUT2D eigenvalue weighted by Crippen LogP contribution is -2.43. The zero-order valence-electron chi connectivity index (χ0n) is 15.2. The van der Waals surface area contributed by atoms with E-state index in [2.05, 4.69) is 5.32 Å². The largest absolute Gasteiger partial charge is 0.493 e. The van der Waals surface area contributed by atoms with Gasteiger partial charge in [-0.25, -0.2) is 0 Å². The van der Waals surface area contributed by atoms with Crippen LogP contribution in [0.15, 0.2) is 29.6 Å². The van der Waals surface area contributed by atoms with Gasteiger partial charge in [0.1, 0.15) is 6.10 Å². The molecule has 0 spiro atoms. The lowest BCUT2D eigenvalue weighted by Gasteiger charge is -2.25. The Morgan fingerprint density at radius 1 is 1.16 bits per heavy atom. The fourth-order valence-electron chi connectivity index (χ4n) is 2.84. The monoisotopic (exact) mass is 365 g/mol. The summed E-state index contributed by atoms with van der Waals surface area (Å²) in [6.07, 6.45) is 0.0177. The Bertz CT molecular complexity index is 673. The van der Waals surface area contributed by atoms with Crippen molar-refractivity contribution < 1.29 is 19.7 Å². The van der Waals surface area contributed by atoms with Gasteiger partial charge in [-0.3, -0.25) is 0 Å². The van der Waals surface area contributed by atoms with E-state index in [1.165, 1.54) is 11.3 Å². The smallest absolute Gasteiger partial charge is 0.160 e. The number of aryl methyl sites for hydroxylation is 1. The first kappa shape index (κ1) is 19.7. The van der Waals surface area contributed by atoms with Crippen LogP contribution < -0.4 is 14.8 Å². The molecular formula is C19H27NO4S. The lowest BCUT2D eigenvalue weighted by atomic mass is 10.0. The van der Waals surface area contributed by atoms with Crippen molar-refractivity contribution in [2.75, 3.05) is 20.8 Å². The summed E-state index contributed by atoms with van der Waals surface area (Å²) in [7, 11) is 3.23. The fraction of sp³-hybridized carbons (Fsp3) is 0.474. The Hall–Kier alpha value is -1.60. The van der Waals surface area contributed by atoms with Crippen molar-refractivity contribution in [1.82, 2.24) is 5.32 Å². The number of thiophene rings is 1. The van der Waals surface area contributed by atoms with E-state index >= 15 is 0 Å². The molecule has 3 atom stereocenters. The summed E-state index contributed by atoms with van der Waals surface area (Å²) < 4.78 is 10.6. The van der Waals surface area contributed by atoms with Crippen LogP contribution in [0, 0.1) is 6.92 Å². The third-order valence-corrected chi connectivity index (χ3v) is 5.23. The maximum Gasteiger partial charge on any atom is 0.160 e. The predicted molar refractivity (Wildman–Crippen MR) is 101 cm³/mol. The highest BCUT2D eigenvalue weighted by molar-refractivity contribution is 7.10. The van der Waals surface area contributed by atoms with Gasteiger partial charge in [-0.2, -0.15) is 0 Å². The Morgan fingerprint density at radius 2 is 1.88 bits per heavy atom. The summed E-state index contributed by atoms with van der Waals surface area (Å²) in [4.78, 5) is 0.863. The summed E-state index contributed by atoms with van der Waals surface area (Å²) in [5, 5.41) is 25.5. The Morgan fingerprint density at radius 3 is 2.44 bits per heavy atom. The van der Waals surface area contributed by atoms with Crippen molar-refractivity contribution in [3.05, 3.63) is 45.6 Å². The van der Waals surface area contributed by atoms with Crippen molar-refractivity contribution in [3.8, 4) is 11.5 Å². The first-order valence-electron chi connectivity index (χ1n) is 8.29. The average molecular weight is 365 g/mol. The van der Waals surface area contributed by atoms with Gasteiger partial charge in [0.2, 0.25) is 0 Å². The molecule has 0 saturated heterocycles. The van der Waals surface area contributed by atoms with Crippen LogP contribution in [0.2, 0.25) is 0 Å². The molecule has 6 heteroatoms. The summed E-state index contributed by atoms with van der Waals surface area (Å²) in [6, 6.07) is 7.45. The number of hydrogen-bond acceptors (Lipinski definition) is 6. The molecular weight excluding hydrogens is 338 g/mol. The number of hydrogen-bond donors (Lipinski definition) is 3. The molecule has 1 unspecified atom stereocenters. The van der Waals surface area contributed by atoms with Crippen molar-refractivity contribution in [1.29, 1.82) is 0 Å². The van der Waals surface area contributed by atoms with E-state index in [1.54, 1.807) is 14.2 Å². The number of rotatable bonds is 9. The van der Waals surface area contributed by atoms with Gasteiger partial charge in [0.05, 0.1) is 26.9 Å². The van der Waals surface area contributed by atoms with Crippen molar-refractivity contribution in [2.24, 2.45) is 0 Å². The summed E-state index contributed by atoms with van der Waals surface area (Å²) in [5.74, 6) is 1.39. The number of aliphatic hydroxyl groups excluding tert-OH is 2. The highest BCUT2D eigenvalue weighted by Crippen LogP contribution is 2.28. The topological polar surface area (TPSA) is 71.0 Å². The van der Waals surface area contributed by atoms with Gasteiger partial charge in [0.25, 0.3) is 0 Å². The van der Waals surface area contributed by atoms with E-state index in [9.17, 15) is 10.2 Å². The quantitative estimate of drug-likeness (QED) is 0.637. The van der Waals surface area contributed by atoms with Gasteiger partial charge in [-0.1, -0.05) is 6.07 Å². The lowest BCUT2D eigenvalue weighted by molar-refractivity contribution is 0.0869. The van der Waals surface area contributed by atoms with Crippen molar-refractivity contribution in [2.45, 2.75) is 38.5 Å². The van der Waals surface area contributed by atoms with Crippen LogP contribution in [-0.4, -0.2) is 43.1 Å². The Balaban J connectivity index is 2.01. The standard InChI is InChI=1S/C19H27NO4S/c1-12-7-18(25-11-12)19(22)15(10-21)20-13(2)8-14-5-6-16(23-3)17(9-14)24-4/h5-7,9,11,13,15,19-22H,8,10H2,1-4H3/t13?,15-,19-/m0/s1. The third-order valence-electron chi connectivity index (χ3n) is 4.11. The second-order valence-corrected chi connectivity index (χ2v) is 7.16. The van der Waals surface area contributed by atoms with Crippen LogP contribution in [0.25, 0.3) is 0 Å². The van der Waals surface area contributed by atoms with E-state index in [0.717, 1.165) is 22.4 Å². The van der Waals surface area contributed by atoms with E-state index in [4.69, 9.17) is 9.47 Å². The average Bonchev–Trinajstić information content (AvgIpc) is 3.05. The molecule has 0 aliphatic heterocycles. The van der Waals surface area contributed by atoms with Gasteiger partial charge in [0.15, 0.2) is 11.5 Å². The van der Waals surface area contributed by atoms with Crippen molar-refractivity contribution in [3.63, 3.8) is 0 Å². The molecule has 0 bridgehead atoms. The first-order chi connectivity index (χ1) is 12.0. The molecule has 0 fully saturated rings. The Labute approximate surface area is 153 Å². The molecule has 25 heavy (non-hydrogen) atoms. The van der Waals surface area contributed by atoms with Gasteiger partial charge >= 0.3 is 0 Å². The van der Waals surface area contributed by atoms with Crippen LogP contribution in [0.1, 0.15) is 29.0 Å². The van der Waals surface area contributed by atoms with E-state index in [1.807, 2.05) is 43.5 Å². The summed E-state index contributed by atoms with van der Waals surface area (Å²) in [6.45, 7) is 3.90. The molecule has 1 heterocycles. The number of nitrogens with one attached hydrogen (secondary N) is 1. The third kappa shape index (κ3) is 5.19. The maximum atomic E-state index is 10.5. The zero-order valence-corrected chi connectivity index (χ0v) is 16.0. The predicted octanol–water partition coefficient (Wildman–Crippen LogP) is 2.69. The minimum Gasteiger partial charge on any atom is -0.493 e. The van der Waals surface area contributed by atoms with Gasteiger partial charge in [-0.05, 0) is 55.0 Å². The second kappa shape index (κ2) is 9.20. The zero-order chi connectivity index (χ0) is 18.4. The molecule has 2 aromatic rings. The van der Waals surface area contributed by atoms with Crippen LogP contribution in [0.5, 0.6) is 11.5 Å². The van der Waals surface area contributed by atoms with E-state index in [0.29, 0.717) is 11.5 Å². The maximum absolute atomic E-state index is 10.5. The van der Waals surface area contributed by atoms with Crippen LogP contribution in [0.4, 0.5) is 0 Å². The molecule has 0 amide bonds. The fourth-order valence-corrected chi connectivity index (χ4v) is 3.78. The van der Waals surface area contributed by atoms with E-state index < -0.39 is 12.1 Å².